The van der Waals surface area contributed by atoms with Crippen molar-refractivity contribution in [3.63, 3.8) is 0 Å². The van der Waals surface area contributed by atoms with E-state index in [4.69, 9.17) is 17.0 Å². The number of nitrogens with one attached hydrogen (secondary N) is 2. The normalized spacial score (nSPS) is 9.88. The number of benzene rings is 2. The molecule has 0 aliphatic carbocycles. The Kier molecular flexibility index (Phi) is 5.80. The van der Waals surface area contributed by atoms with Gasteiger partial charge in [0.05, 0.1) is 11.5 Å². The summed E-state index contributed by atoms with van der Waals surface area (Å²) < 4.78 is 5.38. The molecule has 0 heterocycles. The van der Waals surface area contributed by atoms with Gasteiger partial charge in [-0.15, -0.1) is 0 Å². The molecular formula is C16H15N3O4S. The Labute approximate surface area is 143 Å². The fraction of sp³-hybridized carbons (Fsp3) is 0.125. The van der Waals surface area contributed by atoms with E-state index < -0.39 is 10.8 Å². The largest absolute Gasteiger partial charge is 0.494 e. The Bertz CT molecular complexity index is 762. The molecule has 0 radical (unpaired) electrons. The Hall–Kier alpha value is -3.00. The first-order valence-corrected chi connectivity index (χ1v) is 7.50. The number of nitro benzene ring substituents is 1. The number of non-ortho nitro benzene ring substituents is 1. The van der Waals surface area contributed by atoms with Crippen LogP contribution in [0.2, 0.25) is 0 Å². The average Bonchev–Trinajstić information content (AvgIpc) is 2.55. The number of hydrogen-bond acceptors (Lipinski definition) is 5. The van der Waals surface area contributed by atoms with E-state index in [-0.39, 0.29) is 16.4 Å². The lowest BCUT2D eigenvalue weighted by atomic mass is 10.2. The fourth-order valence-electron chi connectivity index (χ4n) is 1.90. The molecule has 124 valence electrons. The second-order valence-corrected chi connectivity index (χ2v) is 5.08. The van der Waals surface area contributed by atoms with Gasteiger partial charge >= 0.3 is 0 Å². The first-order chi connectivity index (χ1) is 11.5. The maximum Gasteiger partial charge on any atom is 0.269 e. The van der Waals surface area contributed by atoms with Crippen LogP contribution in [-0.4, -0.2) is 22.5 Å². The molecule has 2 aromatic rings. The smallest absolute Gasteiger partial charge is 0.269 e. The molecule has 0 bridgehead atoms. The molecule has 0 aliphatic rings. The van der Waals surface area contributed by atoms with Crippen molar-refractivity contribution in [2.24, 2.45) is 0 Å². The van der Waals surface area contributed by atoms with Crippen LogP contribution in [0, 0.1) is 10.1 Å². The number of rotatable bonds is 5. The molecule has 0 atom stereocenters. The maximum atomic E-state index is 12.1. The summed E-state index contributed by atoms with van der Waals surface area (Å²) in [6, 6.07) is 12.4. The summed E-state index contributed by atoms with van der Waals surface area (Å²) in [6.45, 7) is 2.43. The number of carbonyl (C=O) groups is 1. The molecule has 24 heavy (non-hydrogen) atoms. The second kappa shape index (κ2) is 8.02. The van der Waals surface area contributed by atoms with Gasteiger partial charge in [-0.1, -0.05) is 6.07 Å². The number of carbonyl (C=O) groups excluding carboxylic acids is 1. The Morgan fingerprint density at radius 1 is 1.25 bits per heavy atom. The number of ether oxygens (including phenoxy) is 1. The molecule has 8 heteroatoms. The summed E-state index contributed by atoms with van der Waals surface area (Å²) in [6.07, 6.45) is 0. The summed E-state index contributed by atoms with van der Waals surface area (Å²) in [7, 11) is 0. The molecule has 0 aliphatic heterocycles. The van der Waals surface area contributed by atoms with Gasteiger partial charge in [-0.3, -0.25) is 20.2 Å². The topological polar surface area (TPSA) is 93.5 Å². The van der Waals surface area contributed by atoms with Crippen LogP contribution in [0.15, 0.2) is 48.5 Å². The summed E-state index contributed by atoms with van der Waals surface area (Å²) in [4.78, 5) is 22.1. The van der Waals surface area contributed by atoms with Gasteiger partial charge in [-0.2, -0.15) is 0 Å². The van der Waals surface area contributed by atoms with Crippen LogP contribution in [0.5, 0.6) is 5.75 Å². The molecule has 2 aromatic carbocycles. The van der Waals surface area contributed by atoms with Crippen molar-refractivity contribution in [1.29, 1.82) is 0 Å². The van der Waals surface area contributed by atoms with E-state index in [0.29, 0.717) is 18.0 Å². The van der Waals surface area contributed by atoms with Crippen LogP contribution in [0.3, 0.4) is 0 Å². The minimum atomic E-state index is -0.529. The molecule has 0 saturated heterocycles. The molecule has 0 unspecified atom stereocenters. The highest BCUT2D eigenvalue weighted by Crippen LogP contribution is 2.17. The van der Waals surface area contributed by atoms with E-state index in [1.807, 2.05) is 13.0 Å². The van der Waals surface area contributed by atoms with Gasteiger partial charge in [0.15, 0.2) is 5.11 Å². The van der Waals surface area contributed by atoms with Crippen molar-refractivity contribution in [2.75, 3.05) is 11.9 Å². The summed E-state index contributed by atoms with van der Waals surface area (Å²) in [5.74, 6) is 0.232. The van der Waals surface area contributed by atoms with Crippen molar-refractivity contribution >= 4 is 34.6 Å². The molecule has 0 spiro atoms. The molecule has 0 fully saturated rings. The van der Waals surface area contributed by atoms with Gasteiger partial charge in [0.25, 0.3) is 11.6 Å². The summed E-state index contributed by atoms with van der Waals surface area (Å²) in [5, 5.41) is 16.1. The van der Waals surface area contributed by atoms with E-state index in [9.17, 15) is 14.9 Å². The zero-order chi connectivity index (χ0) is 17.5. The third-order valence-corrected chi connectivity index (χ3v) is 3.17. The monoisotopic (exact) mass is 345 g/mol. The maximum absolute atomic E-state index is 12.1. The van der Waals surface area contributed by atoms with Gasteiger partial charge in [0, 0.05) is 29.4 Å². The Morgan fingerprint density at radius 2 is 1.96 bits per heavy atom. The van der Waals surface area contributed by atoms with Crippen LogP contribution >= 0.6 is 12.2 Å². The number of nitro groups is 1. The Balaban J connectivity index is 1.97. The van der Waals surface area contributed by atoms with Gasteiger partial charge in [0.2, 0.25) is 0 Å². The highest BCUT2D eigenvalue weighted by atomic mass is 32.1. The first kappa shape index (κ1) is 17.4. The highest BCUT2D eigenvalue weighted by molar-refractivity contribution is 7.80. The Morgan fingerprint density at radius 3 is 2.58 bits per heavy atom. The average molecular weight is 345 g/mol. The molecule has 0 saturated carbocycles. The molecule has 7 nitrogen and oxygen atoms in total. The minimum absolute atomic E-state index is 0.0833. The zero-order valence-electron chi connectivity index (χ0n) is 12.8. The quantitative estimate of drug-likeness (QED) is 0.491. The van der Waals surface area contributed by atoms with Crippen molar-refractivity contribution in [3.05, 3.63) is 64.2 Å². The van der Waals surface area contributed by atoms with Crippen molar-refractivity contribution in [3.8, 4) is 5.75 Å². The molecular weight excluding hydrogens is 330 g/mol. The second-order valence-electron chi connectivity index (χ2n) is 4.67. The molecule has 0 aromatic heterocycles. The van der Waals surface area contributed by atoms with E-state index in [1.165, 1.54) is 24.3 Å². The van der Waals surface area contributed by atoms with Crippen molar-refractivity contribution < 1.29 is 14.5 Å². The number of anilines is 1. The van der Waals surface area contributed by atoms with Crippen LogP contribution < -0.4 is 15.4 Å². The lowest BCUT2D eigenvalue weighted by Gasteiger charge is -2.11. The number of nitrogens with zero attached hydrogens (tertiary/aromatic N) is 1. The minimum Gasteiger partial charge on any atom is -0.494 e. The van der Waals surface area contributed by atoms with E-state index in [2.05, 4.69) is 10.6 Å². The van der Waals surface area contributed by atoms with Crippen LogP contribution in [0.25, 0.3) is 0 Å². The molecule has 2 N–H and O–H groups in total. The lowest BCUT2D eigenvalue weighted by molar-refractivity contribution is -0.384. The molecule has 2 rings (SSSR count). The van der Waals surface area contributed by atoms with Crippen LogP contribution in [-0.2, 0) is 0 Å². The number of amides is 1. The van der Waals surface area contributed by atoms with Gasteiger partial charge in [0.1, 0.15) is 5.75 Å². The van der Waals surface area contributed by atoms with Gasteiger partial charge in [-0.25, -0.2) is 0 Å². The summed E-state index contributed by atoms with van der Waals surface area (Å²) in [5.41, 5.74) is 0.864. The third-order valence-electron chi connectivity index (χ3n) is 2.97. The first-order valence-electron chi connectivity index (χ1n) is 7.09. The van der Waals surface area contributed by atoms with Crippen molar-refractivity contribution in [2.45, 2.75) is 6.92 Å². The predicted octanol–water partition coefficient (Wildman–Crippen LogP) is 3.12. The predicted molar refractivity (Wildman–Crippen MR) is 94.4 cm³/mol. The SMILES string of the molecule is CCOc1cccc(NC(=S)NC(=O)c2ccc([N+](=O)[O-])cc2)c1. The van der Waals surface area contributed by atoms with E-state index in [1.54, 1.807) is 18.2 Å². The zero-order valence-corrected chi connectivity index (χ0v) is 13.6. The standard InChI is InChI=1S/C16H15N3O4S/c1-2-23-14-5-3-4-12(10-14)17-16(24)18-15(20)11-6-8-13(9-7-11)19(21)22/h3-10H,2H2,1H3,(H2,17,18,20,24). The third kappa shape index (κ3) is 4.75. The number of hydrogen-bond donors (Lipinski definition) is 2. The highest BCUT2D eigenvalue weighted by Gasteiger charge is 2.11. The molecule has 1 amide bonds. The summed E-state index contributed by atoms with van der Waals surface area (Å²) >= 11 is 5.10. The van der Waals surface area contributed by atoms with E-state index in [0.717, 1.165) is 0 Å². The van der Waals surface area contributed by atoms with Crippen LogP contribution in [0.1, 0.15) is 17.3 Å². The lowest BCUT2D eigenvalue weighted by Crippen LogP contribution is -2.34. The van der Waals surface area contributed by atoms with Crippen LogP contribution in [0.4, 0.5) is 11.4 Å². The van der Waals surface area contributed by atoms with Gasteiger partial charge < -0.3 is 10.1 Å². The number of thiocarbonyl (C=S) groups is 1. The van der Waals surface area contributed by atoms with Gasteiger partial charge in [-0.05, 0) is 43.4 Å². The fourth-order valence-corrected chi connectivity index (χ4v) is 2.11. The van der Waals surface area contributed by atoms with E-state index >= 15 is 0 Å². The van der Waals surface area contributed by atoms with Crippen molar-refractivity contribution in [1.82, 2.24) is 5.32 Å².